The second kappa shape index (κ2) is 6.06. The standard InChI is InChI=1S/C17H20FNO/c1-11(2)12-4-6-13(7-5-12)17(19)15-9-8-14(20-3)10-16(15)18/h4-11,17H,19H2,1-3H3. The van der Waals surface area contributed by atoms with E-state index in [1.807, 2.05) is 24.3 Å². The summed E-state index contributed by atoms with van der Waals surface area (Å²) in [4.78, 5) is 0. The van der Waals surface area contributed by atoms with Gasteiger partial charge in [0.15, 0.2) is 0 Å². The highest BCUT2D eigenvalue weighted by Gasteiger charge is 2.14. The molecular weight excluding hydrogens is 253 g/mol. The molecule has 0 saturated heterocycles. The Kier molecular flexibility index (Phi) is 4.40. The lowest BCUT2D eigenvalue weighted by Gasteiger charge is -2.15. The lowest BCUT2D eigenvalue weighted by atomic mass is 9.95. The van der Waals surface area contributed by atoms with Crippen LogP contribution in [0.4, 0.5) is 4.39 Å². The van der Waals surface area contributed by atoms with Crippen molar-refractivity contribution in [3.8, 4) is 5.75 Å². The highest BCUT2D eigenvalue weighted by atomic mass is 19.1. The maximum absolute atomic E-state index is 14.0. The number of hydrogen-bond acceptors (Lipinski definition) is 2. The number of ether oxygens (including phenoxy) is 1. The summed E-state index contributed by atoms with van der Waals surface area (Å²) in [5.41, 5.74) is 8.78. The van der Waals surface area contributed by atoms with Gasteiger partial charge in [-0.25, -0.2) is 4.39 Å². The zero-order valence-corrected chi connectivity index (χ0v) is 12.1. The Bertz CT molecular complexity index is 578. The first kappa shape index (κ1) is 14.5. The Balaban J connectivity index is 2.28. The van der Waals surface area contributed by atoms with E-state index in [-0.39, 0.29) is 5.82 Å². The molecule has 0 saturated carbocycles. The Morgan fingerprint density at radius 2 is 1.60 bits per heavy atom. The molecule has 1 unspecified atom stereocenters. The van der Waals surface area contributed by atoms with E-state index in [0.717, 1.165) is 5.56 Å². The molecule has 0 spiro atoms. The first-order valence-electron chi connectivity index (χ1n) is 6.71. The minimum atomic E-state index is -0.470. The average Bonchev–Trinajstić information content (AvgIpc) is 2.46. The van der Waals surface area contributed by atoms with Crippen LogP contribution in [0.1, 0.15) is 42.5 Å². The Morgan fingerprint density at radius 1 is 1.00 bits per heavy atom. The number of benzene rings is 2. The fraction of sp³-hybridized carbons (Fsp3) is 0.294. The first-order chi connectivity index (χ1) is 9.52. The largest absolute Gasteiger partial charge is 0.497 e. The lowest BCUT2D eigenvalue weighted by Crippen LogP contribution is -2.13. The van der Waals surface area contributed by atoms with Crippen molar-refractivity contribution in [1.82, 2.24) is 0 Å². The Hall–Kier alpha value is -1.87. The summed E-state index contributed by atoms with van der Waals surface area (Å²) >= 11 is 0. The molecule has 2 rings (SSSR count). The van der Waals surface area contributed by atoms with E-state index in [0.29, 0.717) is 17.2 Å². The minimum absolute atomic E-state index is 0.343. The third-order valence-electron chi connectivity index (χ3n) is 3.50. The van der Waals surface area contributed by atoms with Crippen molar-refractivity contribution in [2.24, 2.45) is 5.73 Å². The van der Waals surface area contributed by atoms with Gasteiger partial charge in [0.2, 0.25) is 0 Å². The lowest BCUT2D eigenvalue weighted by molar-refractivity contribution is 0.410. The van der Waals surface area contributed by atoms with Crippen molar-refractivity contribution < 1.29 is 9.13 Å². The topological polar surface area (TPSA) is 35.2 Å². The van der Waals surface area contributed by atoms with E-state index in [9.17, 15) is 4.39 Å². The predicted octanol–water partition coefficient (Wildman–Crippen LogP) is 4.01. The molecule has 3 heteroatoms. The number of halogens is 1. The zero-order valence-electron chi connectivity index (χ0n) is 12.1. The smallest absolute Gasteiger partial charge is 0.132 e. The van der Waals surface area contributed by atoms with E-state index in [1.54, 1.807) is 12.1 Å². The fourth-order valence-electron chi connectivity index (χ4n) is 2.15. The van der Waals surface area contributed by atoms with E-state index < -0.39 is 6.04 Å². The molecule has 0 fully saturated rings. The summed E-state index contributed by atoms with van der Waals surface area (Å²) in [6.07, 6.45) is 0. The van der Waals surface area contributed by atoms with Crippen molar-refractivity contribution >= 4 is 0 Å². The molecule has 2 nitrogen and oxygen atoms in total. The van der Waals surface area contributed by atoms with Crippen LogP contribution >= 0.6 is 0 Å². The van der Waals surface area contributed by atoms with Gasteiger partial charge in [-0.2, -0.15) is 0 Å². The van der Waals surface area contributed by atoms with Crippen molar-refractivity contribution in [2.45, 2.75) is 25.8 Å². The average molecular weight is 273 g/mol. The molecule has 2 N–H and O–H groups in total. The van der Waals surface area contributed by atoms with Gasteiger partial charge in [-0.15, -0.1) is 0 Å². The van der Waals surface area contributed by atoms with Gasteiger partial charge in [0.25, 0.3) is 0 Å². The van der Waals surface area contributed by atoms with E-state index in [1.165, 1.54) is 18.7 Å². The highest BCUT2D eigenvalue weighted by molar-refractivity contribution is 5.37. The van der Waals surface area contributed by atoms with Gasteiger partial charge < -0.3 is 10.5 Å². The van der Waals surface area contributed by atoms with Crippen LogP contribution in [0.15, 0.2) is 42.5 Å². The van der Waals surface area contributed by atoms with Crippen LogP contribution in [0.3, 0.4) is 0 Å². The number of rotatable bonds is 4. The van der Waals surface area contributed by atoms with Gasteiger partial charge in [-0.05, 0) is 23.1 Å². The fourth-order valence-corrected chi connectivity index (χ4v) is 2.15. The van der Waals surface area contributed by atoms with Gasteiger partial charge in [-0.3, -0.25) is 0 Å². The first-order valence-corrected chi connectivity index (χ1v) is 6.71. The Morgan fingerprint density at radius 3 is 2.10 bits per heavy atom. The van der Waals surface area contributed by atoms with Gasteiger partial charge in [-0.1, -0.05) is 44.2 Å². The molecule has 0 radical (unpaired) electrons. The molecule has 2 aromatic carbocycles. The molecule has 2 aromatic rings. The second-order valence-corrected chi connectivity index (χ2v) is 5.19. The van der Waals surface area contributed by atoms with E-state index in [2.05, 4.69) is 13.8 Å². The molecule has 0 aromatic heterocycles. The van der Waals surface area contributed by atoms with Gasteiger partial charge >= 0.3 is 0 Å². The molecule has 106 valence electrons. The monoisotopic (exact) mass is 273 g/mol. The molecule has 0 amide bonds. The zero-order chi connectivity index (χ0) is 14.7. The summed E-state index contributed by atoms with van der Waals surface area (Å²) in [5.74, 6) is 0.622. The van der Waals surface area contributed by atoms with Crippen LogP contribution in [0.25, 0.3) is 0 Å². The van der Waals surface area contributed by atoms with Crippen LogP contribution in [0.2, 0.25) is 0 Å². The predicted molar refractivity (Wildman–Crippen MR) is 79.5 cm³/mol. The van der Waals surface area contributed by atoms with Crippen molar-refractivity contribution in [1.29, 1.82) is 0 Å². The molecule has 0 aliphatic heterocycles. The second-order valence-electron chi connectivity index (χ2n) is 5.19. The summed E-state index contributed by atoms with van der Waals surface area (Å²) in [5, 5.41) is 0. The third-order valence-corrected chi connectivity index (χ3v) is 3.50. The van der Waals surface area contributed by atoms with Crippen molar-refractivity contribution in [3.63, 3.8) is 0 Å². The van der Waals surface area contributed by atoms with Crippen molar-refractivity contribution in [2.75, 3.05) is 7.11 Å². The molecule has 0 aliphatic carbocycles. The van der Waals surface area contributed by atoms with Gasteiger partial charge in [0, 0.05) is 11.6 Å². The maximum atomic E-state index is 14.0. The SMILES string of the molecule is COc1ccc(C(N)c2ccc(C(C)C)cc2)c(F)c1. The summed E-state index contributed by atoms with van der Waals surface area (Å²) < 4.78 is 19.0. The molecule has 1 atom stereocenters. The van der Waals surface area contributed by atoms with Crippen LogP contribution in [0, 0.1) is 5.82 Å². The third kappa shape index (κ3) is 2.99. The van der Waals surface area contributed by atoms with Crippen LogP contribution < -0.4 is 10.5 Å². The number of nitrogens with two attached hydrogens (primary N) is 1. The van der Waals surface area contributed by atoms with Crippen LogP contribution in [0.5, 0.6) is 5.75 Å². The molecule has 20 heavy (non-hydrogen) atoms. The minimum Gasteiger partial charge on any atom is -0.497 e. The maximum Gasteiger partial charge on any atom is 0.132 e. The molecule has 0 aliphatic rings. The summed E-state index contributed by atoms with van der Waals surface area (Å²) in [6.45, 7) is 4.27. The number of hydrogen-bond donors (Lipinski definition) is 1. The van der Waals surface area contributed by atoms with Crippen LogP contribution in [-0.4, -0.2) is 7.11 Å². The van der Waals surface area contributed by atoms with Gasteiger partial charge in [0.05, 0.1) is 13.2 Å². The molecule has 0 bridgehead atoms. The normalized spacial score (nSPS) is 12.5. The van der Waals surface area contributed by atoms with E-state index >= 15 is 0 Å². The molecular formula is C17H20FNO. The van der Waals surface area contributed by atoms with Crippen LogP contribution in [-0.2, 0) is 0 Å². The summed E-state index contributed by atoms with van der Waals surface area (Å²) in [6, 6.07) is 12.3. The quantitative estimate of drug-likeness (QED) is 0.913. The highest BCUT2D eigenvalue weighted by Crippen LogP contribution is 2.26. The van der Waals surface area contributed by atoms with Gasteiger partial charge in [0.1, 0.15) is 11.6 Å². The Labute approximate surface area is 119 Å². The van der Waals surface area contributed by atoms with E-state index in [4.69, 9.17) is 10.5 Å². The van der Waals surface area contributed by atoms with Crippen molar-refractivity contribution in [3.05, 3.63) is 65.0 Å². The molecule has 0 heterocycles. The number of methoxy groups -OCH3 is 1. The summed E-state index contributed by atoms with van der Waals surface area (Å²) in [7, 11) is 1.51.